The van der Waals surface area contributed by atoms with Gasteiger partial charge < -0.3 is 11.1 Å². The van der Waals surface area contributed by atoms with E-state index in [4.69, 9.17) is 5.73 Å². The lowest BCUT2D eigenvalue weighted by Crippen LogP contribution is -2.29. The molecule has 1 heterocycles. The number of carbonyl (C=O) groups excluding carboxylic acids is 1. The molecule has 2 atom stereocenters. The van der Waals surface area contributed by atoms with Crippen LogP contribution < -0.4 is 11.1 Å². The number of thiophene rings is 1. The highest BCUT2D eigenvalue weighted by Gasteiger charge is 2.18. The van der Waals surface area contributed by atoms with E-state index in [1.54, 1.807) is 11.3 Å². The number of nitrogens with two attached hydrogens (primary N) is 1. The minimum absolute atomic E-state index is 0.0554. The van der Waals surface area contributed by atoms with Gasteiger partial charge in [0.25, 0.3) is 0 Å². The summed E-state index contributed by atoms with van der Waals surface area (Å²) in [5.41, 5.74) is 7.96. The minimum atomic E-state index is -0.0775. The number of carbonyl (C=O) groups is 1. The summed E-state index contributed by atoms with van der Waals surface area (Å²) in [5, 5.41) is 5.19. The maximum absolute atomic E-state index is 12.1. The lowest BCUT2D eigenvalue weighted by Gasteiger charge is -2.19. The average Bonchev–Trinajstić information content (AvgIpc) is 3.11. The molecule has 0 aliphatic rings. The van der Waals surface area contributed by atoms with Gasteiger partial charge in [0.15, 0.2) is 0 Å². The SMILES string of the molecule is CCC(C)c1ccc(C(NC(=O)CCCN)c2cccs2)cc1. The summed E-state index contributed by atoms with van der Waals surface area (Å²) in [5.74, 6) is 0.614. The Labute approximate surface area is 142 Å². The molecule has 1 aromatic carbocycles. The molecular weight excluding hydrogens is 304 g/mol. The number of benzene rings is 1. The van der Waals surface area contributed by atoms with Crippen LogP contribution in [0.25, 0.3) is 0 Å². The second kappa shape index (κ2) is 8.85. The maximum Gasteiger partial charge on any atom is 0.220 e. The first kappa shape index (κ1) is 17.7. The zero-order valence-corrected chi connectivity index (χ0v) is 14.7. The largest absolute Gasteiger partial charge is 0.344 e. The Morgan fingerprint density at radius 1 is 1.22 bits per heavy atom. The number of nitrogens with one attached hydrogen (secondary N) is 1. The molecule has 2 aromatic rings. The van der Waals surface area contributed by atoms with Gasteiger partial charge in [-0.15, -0.1) is 11.3 Å². The normalized spacial score (nSPS) is 13.5. The first-order valence-electron chi connectivity index (χ1n) is 8.28. The van der Waals surface area contributed by atoms with E-state index in [0.717, 1.165) is 23.3 Å². The van der Waals surface area contributed by atoms with Crippen molar-refractivity contribution in [2.45, 2.75) is 45.1 Å². The number of amides is 1. The highest BCUT2D eigenvalue weighted by Crippen LogP contribution is 2.28. The molecule has 1 aromatic heterocycles. The van der Waals surface area contributed by atoms with Crippen LogP contribution in [0.1, 0.15) is 61.1 Å². The summed E-state index contributed by atoms with van der Waals surface area (Å²) < 4.78 is 0. The van der Waals surface area contributed by atoms with Crippen LogP contribution in [-0.2, 0) is 4.79 Å². The Bertz CT molecular complexity index is 592. The third-order valence-corrected chi connectivity index (χ3v) is 5.13. The van der Waals surface area contributed by atoms with Crippen LogP contribution in [0.4, 0.5) is 0 Å². The van der Waals surface area contributed by atoms with Crippen molar-refractivity contribution in [3.05, 3.63) is 57.8 Å². The van der Waals surface area contributed by atoms with E-state index in [1.807, 2.05) is 11.4 Å². The van der Waals surface area contributed by atoms with Crippen LogP contribution in [-0.4, -0.2) is 12.5 Å². The quantitative estimate of drug-likeness (QED) is 0.762. The molecular formula is C19H26N2OS. The Morgan fingerprint density at radius 3 is 2.48 bits per heavy atom. The first-order valence-corrected chi connectivity index (χ1v) is 9.16. The van der Waals surface area contributed by atoms with Crippen LogP contribution in [0, 0.1) is 0 Å². The molecule has 0 spiro atoms. The predicted molar refractivity (Wildman–Crippen MR) is 97.7 cm³/mol. The molecule has 3 N–H and O–H groups in total. The van der Waals surface area contributed by atoms with Gasteiger partial charge in [-0.05, 0) is 47.9 Å². The van der Waals surface area contributed by atoms with Crippen molar-refractivity contribution in [2.24, 2.45) is 5.73 Å². The van der Waals surface area contributed by atoms with Crippen LogP contribution in [0.15, 0.2) is 41.8 Å². The van der Waals surface area contributed by atoms with Crippen molar-refractivity contribution >= 4 is 17.2 Å². The average molecular weight is 330 g/mol. The zero-order valence-electron chi connectivity index (χ0n) is 13.9. The Morgan fingerprint density at radius 2 is 1.91 bits per heavy atom. The van der Waals surface area contributed by atoms with E-state index >= 15 is 0 Å². The van der Waals surface area contributed by atoms with Gasteiger partial charge >= 0.3 is 0 Å². The van der Waals surface area contributed by atoms with Crippen molar-refractivity contribution in [1.29, 1.82) is 0 Å². The fourth-order valence-electron chi connectivity index (χ4n) is 2.52. The van der Waals surface area contributed by atoms with Gasteiger partial charge in [-0.3, -0.25) is 4.79 Å². The van der Waals surface area contributed by atoms with Crippen molar-refractivity contribution in [3.8, 4) is 0 Å². The molecule has 1 amide bonds. The molecule has 0 aliphatic carbocycles. The molecule has 0 radical (unpaired) electrons. The van der Waals surface area contributed by atoms with Gasteiger partial charge in [-0.1, -0.05) is 44.2 Å². The van der Waals surface area contributed by atoms with E-state index in [9.17, 15) is 4.79 Å². The number of rotatable bonds is 8. The monoisotopic (exact) mass is 330 g/mol. The smallest absolute Gasteiger partial charge is 0.220 e. The summed E-state index contributed by atoms with van der Waals surface area (Å²) in [7, 11) is 0. The van der Waals surface area contributed by atoms with Crippen LogP contribution in [0.3, 0.4) is 0 Å². The third kappa shape index (κ3) is 4.91. The molecule has 0 aliphatic heterocycles. The van der Waals surface area contributed by atoms with Crippen molar-refractivity contribution in [2.75, 3.05) is 6.54 Å². The fourth-order valence-corrected chi connectivity index (χ4v) is 3.33. The fraction of sp³-hybridized carbons (Fsp3) is 0.421. The second-order valence-electron chi connectivity index (χ2n) is 5.88. The molecule has 0 saturated carbocycles. The Hall–Kier alpha value is -1.65. The van der Waals surface area contributed by atoms with Crippen LogP contribution >= 0.6 is 11.3 Å². The van der Waals surface area contributed by atoms with E-state index in [0.29, 0.717) is 18.9 Å². The lowest BCUT2D eigenvalue weighted by molar-refractivity contribution is -0.121. The van der Waals surface area contributed by atoms with E-state index in [-0.39, 0.29) is 11.9 Å². The maximum atomic E-state index is 12.1. The second-order valence-corrected chi connectivity index (χ2v) is 6.86. The third-order valence-electron chi connectivity index (χ3n) is 4.19. The van der Waals surface area contributed by atoms with Gasteiger partial charge in [0.1, 0.15) is 0 Å². The van der Waals surface area contributed by atoms with E-state index in [2.05, 4.69) is 49.5 Å². The summed E-state index contributed by atoms with van der Waals surface area (Å²) >= 11 is 1.67. The lowest BCUT2D eigenvalue weighted by atomic mass is 9.95. The van der Waals surface area contributed by atoms with Crippen LogP contribution in [0.5, 0.6) is 0 Å². The van der Waals surface area contributed by atoms with Gasteiger partial charge in [0, 0.05) is 11.3 Å². The Balaban J connectivity index is 2.18. The molecule has 2 unspecified atom stereocenters. The Kier molecular flexibility index (Phi) is 6.81. The number of hydrogen-bond acceptors (Lipinski definition) is 3. The van der Waals surface area contributed by atoms with E-state index in [1.165, 1.54) is 5.56 Å². The predicted octanol–water partition coefficient (Wildman–Crippen LogP) is 4.21. The zero-order chi connectivity index (χ0) is 16.7. The molecule has 4 heteroatoms. The summed E-state index contributed by atoms with van der Waals surface area (Å²) in [6.07, 6.45) is 2.32. The number of hydrogen-bond donors (Lipinski definition) is 2. The van der Waals surface area contributed by atoms with Gasteiger partial charge in [-0.2, -0.15) is 0 Å². The van der Waals surface area contributed by atoms with Gasteiger partial charge in [0.05, 0.1) is 6.04 Å². The molecule has 2 rings (SSSR count). The van der Waals surface area contributed by atoms with Crippen molar-refractivity contribution in [1.82, 2.24) is 5.32 Å². The summed E-state index contributed by atoms with van der Waals surface area (Å²) in [6, 6.07) is 12.6. The van der Waals surface area contributed by atoms with E-state index < -0.39 is 0 Å². The van der Waals surface area contributed by atoms with Gasteiger partial charge in [0.2, 0.25) is 5.91 Å². The molecule has 0 fully saturated rings. The summed E-state index contributed by atoms with van der Waals surface area (Å²) in [4.78, 5) is 13.3. The molecule has 3 nitrogen and oxygen atoms in total. The van der Waals surface area contributed by atoms with Gasteiger partial charge in [-0.25, -0.2) is 0 Å². The summed E-state index contributed by atoms with van der Waals surface area (Å²) in [6.45, 7) is 4.98. The minimum Gasteiger partial charge on any atom is -0.344 e. The van der Waals surface area contributed by atoms with Crippen LogP contribution in [0.2, 0.25) is 0 Å². The van der Waals surface area contributed by atoms with Crippen molar-refractivity contribution in [3.63, 3.8) is 0 Å². The molecule has 124 valence electrons. The highest BCUT2D eigenvalue weighted by molar-refractivity contribution is 7.10. The first-order chi connectivity index (χ1) is 11.2. The molecule has 23 heavy (non-hydrogen) atoms. The highest BCUT2D eigenvalue weighted by atomic mass is 32.1. The van der Waals surface area contributed by atoms with Crippen molar-refractivity contribution < 1.29 is 4.79 Å². The molecule has 0 saturated heterocycles. The topological polar surface area (TPSA) is 55.1 Å². The molecule has 0 bridgehead atoms. The standard InChI is InChI=1S/C19H26N2OS/c1-3-14(2)15-8-10-16(11-9-15)19(17-6-5-13-23-17)21-18(22)7-4-12-20/h5-6,8-11,13-14,19H,3-4,7,12,20H2,1-2H3,(H,21,22).